The van der Waals surface area contributed by atoms with Crippen molar-refractivity contribution in [2.75, 3.05) is 19.1 Å². The van der Waals surface area contributed by atoms with E-state index >= 15 is 0 Å². The van der Waals surface area contributed by atoms with Crippen LogP contribution in [0, 0.1) is 25.2 Å². The molecule has 0 fully saturated rings. The van der Waals surface area contributed by atoms with Crippen molar-refractivity contribution in [1.29, 1.82) is 0 Å². The summed E-state index contributed by atoms with van der Waals surface area (Å²) in [5.74, 6) is 0.564. The van der Waals surface area contributed by atoms with Gasteiger partial charge in [-0.15, -0.1) is 24.4 Å². The number of allylic oxidation sites excluding steroid dienone is 4. The van der Waals surface area contributed by atoms with Gasteiger partial charge in [0.05, 0.1) is 30.2 Å². The molecule has 0 spiro atoms. The SMILES string of the molecule is C.C#C.C/C=C\C=C/Cc1cc(-c2ccc(C)cc2)cc(-c2ccccn2)n1.CC(C)(CCl)COC(C)(C)CO. The first-order valence-corrected chi connectivity index (χ1v) is 13.5. The number of terminal acetylenes is 1. The molecule has 0 saturated carbocycles. The zero-order valence-electron chi connectivity index (χ0n) is 24.2. The highest BCUT2D eigenvalue weighted by Gasteiger charge is 2.23. The van der Waals surface area contributed by atoms with Crippen LogP contribution in [0.2, 0.25) is 0 Å². The van der Waals surface area contributed by atoms with E-state index in [0.29, 0.717) is 12.5 Å². The van der Waals surface area contributed by atoms with E-state index in [1.165, 1.54) is 16.7 Å². The van der Waals surface area contributed by atoms with Gasteiger partial charge in [0, 0.05) is 29.6 Å². The first-order chi connectivity index (χ1) is 18.6. The molecule has 2 aromatic heterocycles. The zero-order valence-corrected chi connectivity index (χ0v) is 24.9. The van der Waals surface area contributed by atoms with Crippen LogP contribution < -0.4 is 0 Å². The third kappa shape index (κ3) is 13.7. The molecule has 4 nitrogen and oxygen atoms in total. The number of rotatable bonds is 10. The van der Waals surface area contributed by atoms with Crippen molar-refractivity contribution in [2.24, 2.45) is 5.41 Å². The van der Waals surface area contributed by atoms with Gasteiger partial charge in [0.1, 0.15) is 0 Å². The summed E-state index contributed by atoms with van der Waals surface area (Å²) in [6.45, 7) is 12.5. The van der Waals surface area contributed by atoms with Crippen molar-refractivity contribution in [3.8, 4) is 35.4 Å². The minimum absolute atomic E-state index is 0. The summed E-state index contributed by atoms with van der Waals surface area (Å²) in [5, 5.41) is 8.91. The number of pyridine rings is 2. The molecule has 0 aliphatic heterocycles. The Bertz CT molecular complexity index is 1170. The summed E-state index contributed by atoms with van der Waals surface area (Å²) < 4.78 is 5.50. The van der Waals surface area contributed by atoms with E-state index in [1.54, 1.807) is 6.20 Å². The Morgan fingerprint density at radius 2 is 1.62 bits per heavy atom. The number of halogens is 1. The van der Waals surface area contributed by atoms with Crippen LogP contribution in [0.1, 0.15) is 53.3 Å². The van der Waals surface area contributed by atoms with Gasteiger partial charge in [-0.25, -0.2) is 0 Å². The van der Waals surface area contributed by atoms with Crippen molar-refractivity contribution >= 4 is 11.6 Å². The third-order valence-corrected chi connectivity index (χ3v) is 6.28. The fourth-order valence-electron chi connectivity index (χ4n) is 3.10. The monoisotopic (exact) mass is 562 g/mol. The van der Waals surface area contributed by atoms with Crippen molar-refractivity contribution in [3.63, 3.8) is 0 Å². The molecule has 1 aromatic carbocycles. The molecule has 5 heteroatoms. The van der Waals surface area contributed by atoms with Crippen LogP contribution in [0.4, 0.5) is 0 Å². The number of aliphatic hydroxyl groups excluding tert-OH is 1. The van der Waals surface area contributed by atoms with Gasteiger partial charge in [-0.1, -0.05) is 81.5 Å². The van der Waals surface area contributed by atoms with Crippen molar-refractivity contribution in [2.45, 2.75) is 61.0 Å². The van der Waals surface area contributed by atoms with Gasteiger partial charge in [-0.2, -0.15) is 0 Å². The predicted molar refractivity (Wildman–Crippen MR) is 174 cm³/mol. The first kappa shape index (κ1) is 36.8. The van der Waals surface area contributed by atoms with Gasteiger partial charge in [-0.3, -0.25) is 9.97 Å². The molecular weight excluding hydrogens is 516 g/mol. The number of hydrogen-bond acceptors (Lipinski definition) is 4. The second-order valence-electron chi connectivity index (χ2n) is 10.5. The van der Waals surface area contributed by atoms with Crippen LogP contribution in [0.15, 0.2) is 85.1 Å². The van der Waals surface area contributed by atoms with Crippen molar-refractivity contribution in [1.82, 2.24) is 9.97 Å². The summed E-state index contributed by atoms with van der Waals surface area (Å²) in [7, 11) is 0. The first-order valence-electron chi connectivity index (χ1n) is 13.0. The summed E-state index contributed by atoms with van der Waals surface area (Å²) in [6.07, 6.45) is 18.8. The smallest absolute Gasteiger partial charge is 0.0895 e. The Kier molecular flexibility index (Phi) is 17.4. The molecule has 0 atom stereocenters. The van der Waals surface area contributed by atoms with E-state index in [-0.39, 0.29) is 19.4 Å². The average molecular weight is 563 g/mol. The normalized spacial score (nSPS) is 11.2. The quantitative estimate of drug-likeness (QED) is 0.152. The number of aryl methyl sites for hydroxylation is 1. The van der Waals surface area contributed by atoms with E-state index < -0.39 is 5.60 Å². The molecule has 0 aliphatic rings. The largest absolute Gasteiger partial charge is 0.393 e. The van der Waals surface area contributed by atoms with Crippen molar-refractivity contribution in [3.05, 3.63) is 96.4 Å². The summed E-state index contributed by atoms with van der Waals surface area (Å²) in [4.78, 5) is 9.26. The van der Waals surface area contributed by atoms with Gasteiger partial charge in [-0.05, 0) is 63.1 Å². The van der Waals surface area contributed by atoms with E-state index in [9.17, 15) is 0 Å². The molecule has 40 heavy (non-hydrogen) atoms. The Morgan fingerprint density at radius 1 is 0.950 bits per heavy atom. The molecule has 0 aliphatic carbocycles. The number of nitrogens with zero attached hydrogens (tertiary/aromatic N) is 2. The summed E-state index contributed by atoms with van der Waals surface area (Å²) in [5.41, 5.74) is 6.01. The van der Waals surface area contributed by atoms with Gasteiger partial charge < -0.3 is 9.84 Å². The lowest BCUT2D eigenvalue weighted by Gasteiger charge is -2.29. The molecule has 0 amide bonds. The molecule has 0 saturated heterocycles. The van der Waals surface area contributed by atoms with E-state index in [1.807, 2.05) is 65.0 Å². The molecular formula is C35H47ClN2O2. The molecule has 0 radical (unpaired) electrons. The summed E-state index contributed by atoms with van der Waals surface area (Å²) >= 11 is 5.72. The van der Waals surface area contributed by atoms with Gasteiger partial charge >= 0.3 is 0 Å². The summed E-state index contributed by atoms with van der Waals surface area (Å²) in [6, 6.07) is 18.8. The lowest BCUT2D eigenvalue weighted by atomic mass is 9.97. The highest BCUT2D eigenvalue weighted by atomic mass is 35.5. The highest BCUT2D eigenvalue weighted by molar-refractivity contribution is 6.18. The van der Waals surface area contributed by atoms with E-state index in [0.717, 1.165) is 23.5 Å². The maximum atomic E-state index is 8.91. The Morgan fingerprint density at radius 3 is 2.17 bits per heavy atom. The second kappa shape index (κ2) is 19.0. The highest BCUT2D eigenvalue weighted by Crippen LogP contribution is 2.26. The van der Waals surface area contributed by atoms with Crippen LogP contribution in [-0.2, 0) is 11.2 Å². The van der Waals surface area contributed by atoms with E-state index in [4.69, 9.17) is 26.4 Å². The zero-order chi connectivity index (χ0) is 29.3. The van der Waals surface area contributed by atoms with Crippen LogP contribution in [0.3, 0.4) is 0 Å². The molecule has 1 N–H and O–H groups in total. The average Bonchev–Trinajstić information content (AvgIpc) is 2.96. The van der Waals surface area contributed by atoms with Gasteiger partial charge in [0.25, 0.3) is 0 Å². The topological polar surface area (TPSA) is 55.2 Å². The Labute approximate surface area is 248 Å². The van der Waals surface area contributed by atoms with Crippen LogP contribution in [0.5, 0.6) is 0 Å². The number of alkyl halides is 1. The fraction of sp³-hybridized carbons (Fsp3) is 0.371. The van der Waals surface area contributed by atoms with Gasteiger partial charge in [0.2, 0.25) is 0 Å². The second-order valence-corrected chi connectivity index (χ2v) is 10.7. The van der Waals surface area contributed by atoms with Crippen LogP contribution in [-0.4, -0.2) is 39.8 Å². The predicted octanol–water partition coefficient (Wildman–Crippen LogP) is 8.72. The molecule has 3 aromatic rings. The Balaban J connectivity index is 0.000000865. The third-order valence-electron chi connectivity index (χ3n) is 5.55. The molecule has 0 bridgehead atoms. The van der Waals surface area contributed by atoms with Crippen molar-refractivity contribution < 1.29 is 9.84 Å². The fourth-order valence-corrected chi connectivity index (χ4v) is 3.18. The molecule has 3 rings (SSSR count). The number of benzene rings is 1. The maximum Gasteiger partial charge on any atom is 0.0895 e. The molecule has 216 valence electrons. The standard InChI is InChI=1S/C23H22N2.C9H19ClO2.C2H2.CH4/c1-3-4-5-6-9-21-16-20(19-13-11-18(2)12-14-19)17-23(25-21)22-10-7-8-15-24-22;1-8(2,5-10)7-12-9(3,4)6-11;1-2;/h3-8,10-17H,9H2,1-2H3;11H,5-7H2,1-4H3;1-2H;1H4/b4-3-,6-5-;;;. The van der Waals surface area contributed by atoms with Crippen LogP contribution in [0.25, 0.3) is 22.5 Å². The molecule has 0 unspecified atom stereocenters. The number of hydrogen-bond donors (Lipinski definition) is 1. The number of ether oxygens (including phenoxy) is 1. The van der Waals surface area contributed by atoms with Gasteiger partial charge in [0.15, 0.2) is 0 Å². The lowest BCUT2D eigenvalue weighted by molar-refractivity contribution is -0.0779. The van der Waals surface area contributed by atoms with Crippen LogP contribution >= 0.6 is 11.6 Å². The molecule has 2 heterocycles. The lowest BCUT2D eigenvalue weighted by Crippen LogP contribution is -2.34. The maximum absolute atomic E-state index is 8.91. The minimum Gasteiger partial charge on any atom is -0.393 e. The minimum atomic E-state index is -0.455. The number of aliphatic hydroxyl groups is 1. The van der Waals surface area contributed by atoms with E-state index in [2.05, 4.69) is 73.3 Å². The number of aromatic nitrogens is 2. The Hall–Kier alpha value is -3.23.